The average Bonchev–Trinajstić information content (AvgIpc) is 2.60. The number of likely N-dealkylation sites (N-methyl/N-ethyl adjacent to an activating group) is 1. The fourth-order valence-corrected chi connectivity index (χ4v) is 2.51. The van der Waals surface area contributed by atoms with Gasteiger partial charge in [-0.1, -0.05) is 0 Å². The second-order valence-electron chi connectivity index (χ2n) is 4.62. The fraction of sp³-hybridized carbons (Fsp3) is 0.909. The van der Waals surface area contributed by atoms with Gasteiger partial charge in [0, 0.05) is 13.1 Å². The highest BCUT2D eigenvalue weighted by Gasteiger charge is 2.28. The van der Waals surface area contributed by atoms with Gasteiger partial charge in [-0.3, -0.25) is 9.69 Å². The Labute approximate surface area is 91.6 Å². The molecule has 4 heteroatoms. The van der Waals surface area contributed by atoms with Gasteiger partial charge in [0.1, 0.15) is 0 Å². The smallest absolute Gasteiger partial charge is 0.237 e. The summed E-state index contributed by atoms with van der Waals surface area (Å²) in [4.78, 5) is 15.7. The highest BCUT2D eigenvalue weighted by atomic mass is 16.2. The van der Waals surface area contributed by atoms with E-state index in [2.05, 4.69) is 10.2 Å². The van der Waals surface area contributed by atoms with Crippen LogP contribution in [0.1, 0.15) is 19.8 Å². The van der Waals surface area contributed by atoms with E-state index in [9.17, 15) is 4.79 Å². The fourth-order valence-electron chi connectivity index (χ4n) is 2.51. The van der Waals surface area contributed by atoms with Crippen LogP contribution in [0.25, 0.3) is 0 Å². The third kappa shape index (κ3) is 2.69. The van der Waals surface area contributed by atoms with E-state index in [1.54, 1.807) is 0 Å². The van der Waals surface area contributed by atoms with Crippen LogP contribution in [0.5, 0.6) is 0 Å². The predicted octanol–water partition coefficient (Wildman–Crippen LogP) is 0.108. The second-order valence-corrected chi connectivity index (χ2v) is 4.62. The summed E-state index contributed by atoms with van der Waals surface area (Å²) in [5.41, 5.74) is 0. The molecule has 0 aromatic heterocycles. The molecule has 0 saturated carbocycles. The lowest BCUT2D eigenvalue weighted by molar-refractivity contribution is -0.126. The van der Waals surface area contributed by atoms with Crippen LogP contribution in [-0.4, -0.2) is 55.1 Å². The number of hydrogen-bond donors (Lipinski definition) is 1. The molecule has 2 aliphatic rings. The Kier molecular flexibility index (Phi) is 3.59. The van der Waals surface area contributed by atoms with Gasteiger partial charge in [-0.05, 0) is 38.8 Å². The molecule has 4 nitrogen and oxygen atoms in total. The number of carbonyl (C=O) groups is 1. The molecule has 2 heterocycles. The summed E-state index contributed by atoms with van der Waals surface area (Å²) < 4.78 is 0. The molecule has 0 radical (unpaired) electrons. The molecule has 0 bridgehead atoms. The Morgan fingerprint density at radius 2 is 2.40 bits per heavy atom. The number of amides is 1. The van der Waals surface area contributed by atoms with E-state index in [1.165, 1.54) is 12.8 Å². The number of nitrogens with zero attached hydrogens (tertiary/aromatic N) is 2. The van der Waals surface area contributed by atoms with Crippen molar-refractivity contribution in [2.45, 2.75) is 19.8 Å². The first-order chi connectivity index (χ1) is 7.29. The molecule has 1 amide bonds. The Bertz CT molecular complexity index is 226. The zero-order valence-electron chi connectivity index (χ0n) is 9.54. The van der Waals surface area contributed by atoms with Crippen molar-refractivity contribution >= 4 is 5.91 Å². The summed E-state index contributed by atoms with van der Waals surface area (Å²) in [5.74, 6) is 1.03. The number of hydrogen-bond acceptors (Lipinski definition) is 3. The third-order valence-electron chi connectivity index (χ3n) is 3.38. The van der Waals surface area contributed by atoms with E-state index in [0.29, 0.717) is 12.5 Å². The van der Waals surface area contributed by atoms with E-state index in [4.69, 9.17) is 0 Å². The summed E-state index contributed by atoms with van der Waals surface area (Å²) >= 11 is 0. The van der Waals surface area contributed by atoms with Crippen molar-refractivity contribution in [3.63, 3.8) is 0 Å². The second kappa shape index (κ2) is 4.94. The van der Waals surface area contributed by atoms with Crippen LogP contribution in [0.2, 0.25) is 0 Å². The SMILES string of the molecule is CCN1CN(CC2CCCNC2)CC1=O. The molecule has 1 N–H and O–H groups in total. The summed E-state index contributed by atoms with van der Waals surface area (Å²) in [7, 11) is 0. The molecular formula is C11H21N3O. The molecular weight excluding hydrogens is 190 g/mol. The minimum atomic E-state index is 0.293. The average molecular weight is 211 g/mol. The van der Waals surface area contributed by atoms with Crippen LogP contribution in [-0.2, 0) is 4.79 Å². The molecule has 0 spiro atoms. The van der Waals surface area contributed by atoms with Crippen LogP contribution in [0.3, 0.4) is 0 Å². The molecule has 0 aromatic carbocycles. The maximum Gasteiger partial charge on any atom is 0.237 e. The quantitative estimate of drug-likeness (QED) is 0.719. The Morgan fingerprint density at radius 1 is 1.53 bits per heavy atom. The van der Waals surface area contributed by atoms with Gasteiger partial charge in [0.25, 0.3) is 0 Å². The van der Waals surface area contributed by atoms with Crippen LogP contribution < -0.4 is 5.32 Å². The van der Waals surface area contributed by atoms with E-state index in [0.717, 1.165) is 38.8 Å². The molecule has 15 heavy (non-hydrogen) atoms. The zero-order valence-corrected chi connectivity index (χ0v) is 9.54. The van der Waals surface area contributed by atoms with Gasteiger partial charge in [-0.25, -0.2) is 0 Å². The van der Waals surface area contributed by atoms with E-state index in [-0.39, 0.29) is 0 Å². The molecule has 1 unspecified atom stereocenters. The monoisotopic (exact) mass is 211 g/mol. The predicted molar refractivity (Wildman–Crippen MR) is 59.4 cm³/mol. The lowest BCUT2D eigenvalue weighted by Crippen LogP contribution is -2.38. The molecule has 1 atom stereocenters. The van der Waals surface area contributed by atoms with E-state index in [1.807, 2.05) is 11.8 Å². The van der Waals surface area contributed by atoms with Gasteiger partial charge in [0.2, 0.25) is 5.91 Å². The van der Waals surface area contributed by atoms with Crippen LogP contribution >= 0.6 is 0 Å². The van der Waals surface area contributed by atoms with Crippen molar-refractivity contribution in [2.24, 2.45) is 5.92 Å². The maximum atomic E-state index is 11.5. The molecule has 2 aliphatic heterocycles. The first kappa shape index (κ1) is 10.9. The molecule has 0 aliphatic carbocycles. The minimum Gasteiger partial charge on any atom is -0.329 e. The topological polar surface area (TPSA) is 35.6 Å². The van der Waals surface area contributed by atoms with Crippen molar-refractivity contribution < 1.29 is 4.79 Å². The van der Waals surface area contributed by atoms with E-state index < -0.39 is 0 Å². The number of rotatable bonds is 3. The highest BCUT2D eigenvalue weighted by Crippen LogP contribution is 2.14. The van der Waals surface area contributed by atoms with Crippen molar-refractivity contribution in [3.05, 3.63) is 0 Å². The van der Waals surface area contributed by atoms with Crippen molar-refractivity contribution in [3.8, 4) is 0 Å². The lowest BCUT2D eigenvalue weighted by Gasteiger charge is -2.26. The molecule has 86 valence electrons. The Balaban J connectivity index is 1.78. The van der Waals surface area contributed by atoms with Crippen LogP contribution in [0.15, 0.2) is 0 Å². The van der Waals surface area contributed by atoms with Gasteiger partial charge in [0.05, 0.1) is 13.2 Å². The number of piperidine rings is 1. The lowest BCUT2D eigenvalue weighted by atomic mass is 9.99. The largest absolute Gasteiger partial charge is 0.329 e. The minimum absolute atomic E-state index is 0.293. The Morgan fingerprint density at radius 3 is 3.00 bits per heavy atom. The van der Waals surface area contributed by atoms with Gasteiger partial charge < -0.3 is 10.2 Å². The molecule has 2 rings (SSSR count). The first-order valence-corrected chi connectivity index (χ1v) is 6.00. The number of carbonyl (C=O) groups excluding carboxylic acids is 1. The summed E-state index contributed by atoms with van der Waals surface area (Å²) in [6, 6.07) is 0. The molecule has 2 saturated heterocycles. The van der Waals surface area contributed by atoms with Crippen molar-refractivity contribution in [1.29, 1.82) is 0 Å². The van der Waals surface area contributed by atoms with Gasteiger partial charge in [-0.2, -0.15) is 0 Å². The van der Waals surface area contributed by atoms with Crippen molar-refractivity contribution in [2.75, 3.05) is 39.4 Å². The van der Waals surface area contributed by atoms with Crippen LogP contribution in [0, 0.1) is 5.92 Å². The number of nitrogens with one attached hydrogen (secondary N) is 1. The van der Waals surface area contributed by atoms with E-state index >= 15 is 0 Å². The zero-order chi connectivity index (χ0) is 10.7. The maximum absolute atomic E-state index is 11.5. The molecule has 0 aromatic rings. The molecule has 2 fully saturated rings. The van der Waals surface area contributed by atoms with Crippen LogP contribution in [0.4, 0.5) is 0 Å². The van der Waals surface area contributed by atoms with Gasteiger partial charge in [-0.15, -0.1) is 0 Å². The first-order valence-electron chi connectivity index (χ1n) is 6.00. The van der Waals surface area contributed by atoms with Gasteiger partial charge >= 0.3 is 0 Å². The highest BCUT2D eigenvalue weighted by molar-refractivity contribution is 5.79. The summed E-state index contributed by atoms with van der Waals surface area (Å²) in [6.07, 6.45) is 2.59. The summed E-state index contributed by atoms with van der Waals surface area (Å²) in [5, 5.41) is 3.42. The van der Waals surface area contributed by atoms with Crippen molar-refractivity contribution in [1.82, 2.24) is 15.1 Å². The Hall–Kier alpha value is -0.610. The third-order valence-corrected chi connectivity index (χ3v) is 3.38. The van der Waals surface area contributed by atoms with Gasteiger partial charge in [0.15, 0.2) is 0 Å². The summed E-state index contributed by atoms with van der Waals surface area (Å²) in [6.45, 7) is 7.72. The standard InChI is InChI=1S/C11H21N3O/c1-2-14-9-13(8-11(14)15)7-10-4-3-5-12-6-10/h10,12H,2-9H2,1H3. The normalized spacial score (nSPS) is 28.7.